The normalized spacial score (nSPS) is 14.8. The second kappa shape index (κ2) is 12.8. The second-order valence-corrected chi connectivity index (χ2v) is 12.4. The zero-order valence-corrected chi connectivity index (χ0v) is 23.7. The summed E-state index contributed by atoms with van der Waals surface area (Å²) in [6, 6.07) is 12.2. The van der Waals surface area contributed by atoms with Crippen LogP contribution in [0.3, 0.4) is 0 Å². The Hall–Kier alpha value is -2.58. The van der Waals surface area contributed by atoms with E-state index >= 15 is 0 Å². The van der Waals surface area contributed by atoms with Gasteiger partial charge in [0.1, 0.15) is 6.04 Å². The van der Waals surface area contributed by atoms with Crippen LogP contribution in [0.5, 0.6) is 0 Å². The van der Waals surface area contributed by atoms with E-state index in [1.807, 2.05) is 38.1 Å². The zero-order valence-electron chi connectivity index (χ0n) is 22.2. The standard InChI is InChI=1S/C28H38ClN3O4S/c1-20-11-16-26(18-21(20)2)32(37(4,35)36)17-7-10-27(33)31(19-23-12-14-24(29)15-13-23)22(3)28(34)30-25-8-5-6-9-25/h11-16,18,22,25H,5-10,17,19H2,1-4H3,(H,30,34). The van der Waals surface area contributed by atoms with Gasteiger partial charge in [-0.05, 0) is 81.0 Å². The minimum Gasteiger partial charge on any atom is -0.352 e. The van der Waals surface area contributed by atoms with Gasteiger partial charge in [0, 0.05) is 30.6 Å². The molecule has 0 saturated heterocycles. The van der Waals surface area contributed by atoms with E-state index in [1.165, 1.54) is 10.6 Å². The molecule has 2 aromatic carbocycles. The van der Waals surface area contributed by atoms with Crippen LogP contribution in [-0.4, -0.2) is 50.0 Å². The smallest absolute Gasteiger partial charge is 0.242 e. The van der Waals surface area contributed by atoms with Gasteiger partial charge in [0.15, 0.2) is 0 Å². The van der Waals surface area contributed by atoms with Gasteiger partial charge in [-0.3, -0.25) is 13.9 Å². The highest BCUT2D eigenvalue weighted by molar-refractivity contribution is 7.92. The summed E-state index contributed by atoms with van der Waals surface area (Å²) in [5.41, 5.74) is 3.53. The van der Waals surface area contributed by atoms with Crippen LogP contribution < -0.4 is 9.62 Å². The third kappa shape index (κ3) is 8.20. The quantitative estimate of drug-likeness (QED) is 0.430. The van der Waals surface area contributed by atoms with E-state index < -0.39 is 16.1 Å². The van der Waals surface area contributed by atoms with Crippen LogP contribution >= 0.6 is 11.6 Å². The third-order valence-electron chi connectivity index (χ3n) is 7.07. The van der Waals surface area contributed by atoms with E-state index in [4.69, 9.17) is 11.6 Å². The number of hydrogen-bond acceptors (Lipinski definition) is 4. The number of benzene rings is 2. The molecule has 1 saturated carbocycles. The molecule has 2 amide bonds. The summed E-state index contributed by atoms with van der Waals surface area (Å²) >= 11 is 6.02. The van der Waals surface area contributed by atoms with Gasteiger partial charge in [-0.15, -0.1) is 0 Å². The summed E-state index contributed by atoms with van der Waals surface area (Å²) in [5, 5.41) is 3.69. The molecule has 1 atom stereocenters. The number of halogens is 1. The lowest BCUT2D eigenvalue weighted by Gasteiger charge is -2.30. The monoisotopic (exact) mass is 547 g/mol. The Balaban J connectivity index is 1.72. The lowest BCUT2D eigenvalue weighted by molar-refractivity contribution is -0.141. The first-order chi connectivity index (χ1) is 17.5. The molecule has 9 heteroatoms. The van der Waals surface area contributed by atoms with E-state index in [-0.39, 0.29) is 37.4 Å². The maximum atomic E-state index is 13.4. The van der Waals surface area contributed by atoms with Gasteiger partial charge in [0.2, 0.25) is 21.8 Å². The molecule has 1 aliphatic carbocycles. The predicted molar refractivity (Wildman–Crippen MR) is 149 cm³/mol. The maximum Gasteiger partial charge on any atom is 0.242 e. The van der Waals surface area contributed by atoms with E-state index in [0.717, 1.165) is 42.4 Å². The number of aryl methyl sites for hydroxylation is 2. The largest absolute Gasteiger partial charge is 0.352 e. The van der Waals surface area contributed by atoms with Crippen LogP contribution in [0.1, 0.15) is 62.1 Å². The van der Waals surface area contributed by atoms with E-state index in [0.29, 0.717) is 17.1 Å². The Morgan fingerprint density at radius 2 is 1.70 bits per heavy atom. The van der Waals surface area contributed by atoms with Gasteiger partial charge in [-0.25, -0.2) is 8.42 Å². The van der Waals surface area contributed by atoms with Gasteiger partial charge >= 0.3 is 0 Å². The number of carbonyl (C=O) groups is 2. The van der Waals surface area contributed by atoms with Crippen LogP contribution in [0, 0.1) is 13.8 Å². The fraction of sp³-hybridized carbons (Fsp3) is 0.500. The first kappa shape index (κ1) is 29.0. The van der Waals surface area contributed by atoms with Crippen molar-refractivity contribution in [1.29, 1.82) is 0 Å². The van der Waals surface area contributed by atoms with Gasteiger partial charge in [0.05, 0.1) is 11.9 Å². The number of nitrogens with one attached hydrogen (secondary N) is 1. The summed E-state index contributed by atoms with van der Waals surface area (Å²) in [7, 11) is -3.53. The number of hydrogen-bond donors (Lipinski definition) is 1. The number of nitrogens with zero attached hydrogens (tertiary/aromatic N) is 2. The molecular formula is C28H38ClN3O4S. The molecule has 0 spiro atoms. The molecule has 1 fully saturated rings. The number of amides is 2. The van der Waals surface area contributed by atoms with Gasteiger partial charge in [0.25, 0.3) is 0 Å². The third-order valence-corrected chi connectivity index (χ3v) is 8.51. The number of sulfonamides is 1. The van der Waals surface area contributed by atoms with Crippen molar-refractivity contribution in [1.82, 2.24) is 10.2 Å². The molecule has 0 aliphatic heterocycles. The van der Waals surface area contributed by atoms with Gasteiger partial charge in [-0.2, -0.15) is 0 Å². The van der Waals surface area contributed by atoms with Crippen molar-refractivity contribution >= 4 is 39.1 Å². The molecule has 0 bridgehead atoms. The fourth-order valence-electron chi connectivity index (χ4n) is 4.65. The molecule has 0 heterocycles. The fourth-order valence-corrected chi connectivity index (χ4v) is 5.73. The van der Waals surface area contributed by atoms with Crippen molar-refractivity contribution < 1.29 is 18.0 Å². The van der Waals surface area contributed by atoms with Crippen LogP contribution in [0.25, 0.3) is 0 Å². The summed E-state index contributed by atoms with van der Waals surface area (Å²) in [6.07, 6.45) is 5.74. The minimum atomic E-state index is -3.53. The predicted octanol–water partition coefficient (Wildman–Crippen LogP) is 4.98. The average molecular weight is 548 g/mol. The first-order valence-corrected chi connectivity index (χ1v) is 15.1. The Labute approximate surface area is 226 Å². The first-order valence-electron chi connectivity index (χ1n) is 12.8. The number of anilines is 1. The van der Waals surface area contributed by atoms with Crippen LogP contribution in [0.4, 0.5) is 5.69 Å². The van der Waals surface area contributed by atoms with Crippen molar-refractivity contribution in [2.45, 2.75) is 77.9 Å². The van der Waals surface area contributed by atoms with Crippen LogP contribution in [-0.2, 0) is 26.2 Å². The lowest BCUT2D eigenvalue weighted by Crippen LogP contribution is -2.49. The maximum absolute atomic E-state index is 13.4. The second-order valence-electron chi connectivity index (χ2n) is 10.0. The molecule has 1 aliphatic rings. The molecule has 1 unspecified atom stereocenters. The molecule has 37 heavy (non-hydrogen) atoms. The van der Waals surface area contributed by atoms with Crippen molar-refractivity contribution in [3.8, 4) is 0 Å². The Morgan fingerprint density at radius 1 is 1.05 bits per heavy atom. The SMILES string of the molecule is Cc1ccc(N(CCCC(=O)N(Cc2ccc(Cl)cc2)C(C)C(=O)NC2CCCC2)S(C)(=O)=O)cc1C. The van der Waals surface area contributed by atoms with E-state index in [2.05, 4.69) is 5.32 Å². The molecule has 202 valence electrons. The summed E-state index contributed by atoms with van der Waals surface area (Å²) in [4.78, 5) is 28.0. The highest BCUT2D eigenvalue weighted by Gasteiger charge is 2.28. The van der Waals surface area contributed by atoms with E-state index in [9.17, 15) is 18.0 Å². The Morgan fingerprint density at radius 3 is 2.30 bits per heavy atom. The van der Waals surface area contributed by atoms with Gasteiger partial charge < -0.3 is 10.2 Å². The highest BCUT2D eigenvalue weighted by atomic mass is 35.5. The summed E-state index contributed by atoms with van der Waals surface area (Å²) < 4.78 is 26.4. The van der Waals surface area contributed by atoms with Crippen molar-refractivity contribution in [3.05, 3.63) is 64.2 Å². The zero-order chi connectivity index (χ0) is 27.2. The molecular weight excluding hydrogens is 510 g/mol. The molecule has 3 rings (SSSR count). The average Bonchev–Trinajstić information content (AvgIpc) is 3.35. The summed E-state index contributed by atoms with van der Waals surface area (Å²) in [5.74, 6) is -0.361. The van der Waals surface area contributed by atoms with Crippen molar-refractivity contribution in [3.63, 3.8) is 0 Å². The van der Waals surface area contributed by atoms with Crippen molar-refractivity contribution in [2.75, 3.05) is 17.1 Å². The van der Waals surface area contributed by atoms with Crippen LogP contribution in [0.2, 0.25) is 5.02 Å². The highest BCUT2D eigenvalue weighted by Crippen LogP contribution is 2.23. The molecule has 0 radical (unpaired) electrons. The topological polar surface area (TPSA) is 86.8 Å². The van der Waals surface area contributed by atoms with Gasteiger partial charge in [-0.1, -0.05) is 42.6 Å². The lowest BCUT2D eigenvalue weighted by atomic mass is 10.1. The Bertz CT molecular complexity index is 1190. The van der Waals surface area contributed by atoms with E-state index in [1.54, 1.807) is 30.0 Å². The molecule has 0 aromatic heterocycles. The minimum absolute atomic E-state index is 0.117. The van der Waals surface area contributed by atoms with Crippen molar-refractivity contribution in [2.24, 2.45) is 0 Å². The van der Waals surface area contributed by atoms with Crippen LogP contribution in [0.15, 0.2) is 42.5 Å². The Kier molecular flexibility index (Phi) is 10.0. The number of carbonyl (C=O) groups excluding carboxylic acids is 2. The summed E-state index contributed by atoms with van der Waals surface area (Å²) in [6.45, 7) is 6.10. The molecule has 2 aromatic rings. The molecule has 7 nitrogen and oxygen atoms in total. The molecule has 1 N–H and O–H groups in total. The number of rotatable bonds is 11.